The Kier molecular flexibility index (Phi) is 4.81. The van der Waals surface area contributed by atoms with Crippen LogP contribution < -0.4 is 15.2 Å². The molecule has 1 aromatic carbocycles. The van der Waals surface area contributed by atoms with E-state index in [1.165, 1.54) is 0 Å². The van der Waals surface area contributed by atoms with Gasteiger partial charge in [0.25, 0.3) is 0 Å². The summed E-state index contributed by atoms with van der Waals surface area (Å²) < 4.78 is 11.1. The maximum Gasteiger partial charge on any atom is 0.137 e. The molecule has 2 aromatic rings. The Morgan fingerprint density at radius 2 is 2.00 bits per heavy atom. The van der Waals surface area contributed by atoms with Gasteiger partial charge in [0.05, 0.1) is 25.5 Å². The Bertz CT molecular complexity index is 597. The third kappa shape index (κ3) is 3.34. The molecule has 0 spiro atoms. The lowest BCUT2D eigenvalue weighted by Crippen LogP contribution is -2.34. The molecular weight excluding hydrogens is 264 g/mol. The van der Waals surface area contributed by atoms with Crippen molar-refractivity contribution in [3.05, 3.63) is 53.9 Å². The lowest BCUT2D eigenvalue weighted by molar-refractivity contribution is 0.315. The van der Waals surface area contributed by atoms with E-state index in [9.17, 15) is 0 Å². The molecule has 2 rings (SSSR count). The van der Waals surface area contributed by atoms with Crippen LogP contribution in [0.4, 0.5) is 0 Å². The molecular formula is C17H22N2O2. The minimum Gasteiger partial charge on any atom is -0.496 e. The standard InChI is InChI=1S/C17H22N2O2/c1-4-9-21-14-10-13(11-19-12-14)17(2,18)15-7-5-6-8-16(15)20-3/h5-8,10-12H,4,9,18H2,1-3H3. The molecule has 0 aliphatic carbocycles. The SMILES string of the molecule is CCCOc1cncc(C(C)(N)c2ccccc2OC)c1. The van der Waals surface area contributed by atoms with Gasteiger partial charge in [0, 0.05) is 11.8 Å². The number of nitrogens with two attached hydrogens (primary N) is 1. The molecule has 0 saturated carbocycles. The highest BCUT2D eigenvalue weighted by Crippen LogP contribution is 2.33. The Morgan fingerprint density at radius 3 is 2.71 bits per heavy atom. The summed E-state index contributed by atoms with van der Waals surface area (Å²) in [6.45, 7) is 4.69. The predicted octanol–water partition coefficient (Wildman–Crippen LogP) is 3.10. The summed E-state index contributed by atoms with van der Waals surface area (Å²) in [7, 11) is 1.65. The normalized spacial score (nSPS) is 13.5. The second-order valence-electron chi connectivity index (χ2n) is 5.16. The molecule has 4 heteroatoms. The second kappa shape index (κ2) is 6.59. The van der Waals surface area contributed by atoms with Crippen LogP contribution in [0.15, 0.2) is 42.7 Å². The van der Waals surface area contributed by atoms with Gasteiger partial charge in [-0.1, -0.05) is 25.1 Å². The van der Waals surface area contributed by atoms with Crippen LogP contribution in [-0.4, -0.2) is 18.7 Å². The van der Waals surface area contributed by atoms with Gasteiger partial charge in [-0.05, 0) is 31.0 Å². The number of benzene rings is 1. The zero-order valence-electron chi connectivity index (χ0n) is 12.8. The van der Waals surface area contributed by atoms with Crippen molar-refractivity contribution in [1.29, 1.82) is 0 Å². The highest BCUT2D eigenvalue weighted by Gasteiger charge is 2.27. The third-order valence-electron chi connectivity index (χ3n) is 3.45. The molecule has 0 amide bonds. The first-order valence-electron chi connectivity index (χ1n) is 7.10. The minimum absolute atomic E-state index is 0.668. The van der Waals surface area contributed by atoms with Gasteiger partial charge in [-0.3, -0.25) is 4.98 Å². The molecule has 0 bridgehead atoms. The lowest BCUT2D eigenvalue weighted by atomic mass is 9.86. The summed E-state index contributed by atoms with van der Waals surface area (Å²) in [5.74, 6) is 1.50. The molecule has 1 atom stereocenters. The van der Waals surface area contributed by atoms with Crippen molar-refractivity contribution in [2.75, 3.05) is 13.7 Å². The Balaban J connectivity index is 2.38. The van der Waals surface area contributed by atoms with E-state index in [0.29, 0.717) is 6.61 Å². The van der Waals surface area contributed by atoms with E-state index in [1.54, 1.807) is 19.5 Å². The zero-order chi connectivity index (χ0) is 15.3. The minimum atomic E-state index is -0.703. The highest BCUT2D eigenvalue weighted by molar-refractivity contribution is 5.46. The van der Waals surface area contributed by atoms with Crippen molar-refractivity contribution < 1.29 is 9.47 Å². The van der Waals surface area contributed by atoms with Gasteiger partial charge >= 0.3 is 0 Å². The fraction of sp³-hybridized carbons (Fsp3) is 0.353. The van der Waals surface area contributed by atoms with Gasteiger partial charge in [0.1, 0.15) is 11.5 Å². The van der Waals surface area contributed by atoms with Crippen molar-refractivity contribution >= 4 is 0 Å². The average molecular weight is 286 g/mol. The fourth-order valence-electron chi connectivity index (χ4n) is 2.23. The lowest BCUT2D eigenvalue weighted by Gasteiger charge is -2.27. The molecule has 0 saturated heterocycles. The van der Waals surface area contributed by atoms with Gasteiger partial charge in [-0.15, -0.1) is 0 Å². The van der Waals surface area contributed by atoms with E-state index >= 15 is 0 Å². The molecule has 1 unspecified atom stereocenters. The molecule has 112 valence electrons. The number of pyridine rings is 1. The molecule has 0 fully saturated rings. The van der Waals surface area contributed by atoms with Gasteiger partial charge in [-0.25, -0.2) is 0 Å². The number of hydrogen-bond donors (Lipinski definition) is 1. The smallest absolute Gasteiger partial charge is 0.137 e. The average Bonchev–Trinajstić information content (AvgIpc) is 2.53. The molecule has 1 aromatic heterocycles. The van der Waals surface area contributed by atoms with Gasteiger partial charge in [0.15, 0.2) is 0 Å². The number of methoxy groups -OCH3 is 1. The number of para-hydroxylation sites is 1. The molecule has 4 nitrogen and oxygen atoms in total. The predicted molar refractivity (Wildman–Crippen MR) is 83.7 cm³/mol. The Hall–Kier alpha value is -2.07. The van der Waals surface area contributed by atoms with E-state index in [4.69, 9.17) is 15.2 Å². The number of nitrogens with zero attached hydrogens (tertiary/aromatic N) is 1. The maximum absolute atomic E-state index is 6.56. The van der Waals surface area contributed by atoms with Crippen molar-refractivity contribution in [1.82, 2.24) is 4.98 Å². The first-order chi connectivity index (χ1) is 10.1. The molecule has 0 aliphatic rings. The quantitative estimate of drug-likeness (QED) is 0.886. The van der Waals surface area contributed by atoms with Crippen molar-refractivity contribution in [3.8, 4) is 11.5 Å². The Morgan fingerprint density at radius 1 is 1.24 bits per heavy atom. The third-order valence-corrected chi connectivity index (χ3v) is 3.45. The molecule has 0 radical (unpaired) electrons. The van der Waals surface area contributed by atoms with E-state index in [2.05, 4.69) is 11.9 Å². The van der Waals surface area contributed by atoms with Crippen LogP contribution in [0.3, 0.4) is 0 Å². The van der Waals surface area contributed by atoms with E-state index in [1.807, 2.05) is 37.3 Å². The number of rotatable bonds is 6. The van der Waals surface area contributed by atoms with Gasteiger partial charge in [-0.2, -0.15) is 0 Å². The van der Waals surface area contributed by atoms with Gasteiger partial charge in [0.2, 0.25) is 0 Å². The van der Waals surface area contributed by atoms with E-state index in [-0.39, 0.29) is 0 Å². The monoisotopic (exact) mass is 286 g/mol. The van der Waals surface area contributed by atoms with Crippen molar-refractivity contribution in [3.63, 3.8) is 0 Å². The van der Waals surface area contributed by atoms with Crippen LogP contribution >= 0.6 is 0 Å². The summed E-state index contributed by atoms with van der Waals surface area (Å²) >= 11 is 0. The second-order valence-corrected chi connectivity index (χ2v) is 5.16. The fourth-order valence-corrected chi connectivity index (χ4v) is 2.23. The van der Waals surface area contributed by atoms with Gasteiger partial charge < -0.3 is 15.2 Å². The molecule has 21 heavy (non-hydrogen) atoms. The van der Waals surface area contributed by atoms with E-state index < -0.39 is 5.54 Å². The summed E-state index contributed by atoms with van der Waals surface area (Å²) in [6.07, 6.45) is 4.43. The first kappa shape index (κ1) is 15.3. The number of ether oxygens (including phenoxy) is 2. The Labute approximate surface area is 125 Å². The van der Waals surface area contributed by atoms with Crippen LogP contribution in [0.2, 0.25) is 0 Å². The van der Waals surface area contributed by atoms with Crippen LogP contribution in [-0.2, 0) is 5.54 Å². The maximum atomic E-state index is 6.56. The first-order valence-corrected chi connectivity index (χ1v) is 7.10. The highest BCUT2D eigenvalue weighted by atomic mass is 16.5. The molecule has 1 heterocycles. The summed E-state index contributed by atoms with van der Waals surface area (Å²) in [4.78, 5) is 4.24. The van der Waals surface area contributed by atoms with E-state index in [0.717, 1.165) is 29.0 Å². The van der Waals surface area contributed by atoms with Crippen LogP contribution in [0.5, 0.6) is 11.5 Å². The molecule has 2 N–H and O–H groups in total. The summed E-state index contributed by atoms with van der Waals surface area (Å²) in [5, 5.41) is 0. The topological polar surface area (TPSA) is 57.4 Å². The summed E-state index contributed by atoms with van der Waals surface area (Å²) in [5.41, 5.74) is 7.66. The van der Waals surface area contributed by atoms with Crippen molar-refractivity contribution in [2.24, 2.45) is 5.73 Å². The van der Waals surface area contributed by atoms with Crippen molar-refractivity contribution in [2.45, 2.75) is 25.8 Å². The largest absolute Gasteiger partial charge is 0.496 e. The van der Waals surface area contributed by atoms with Crippen LogP contribution in [0.25, 0.3) is 0 Å². The number of hydrogen-bond acceptors (Lipinski definition) is 4. The van der Waals surface area contributed by atoms with Crippen LogP contribution in [0.1, 0.15) is 31.4 Å². The number of aromatic nitrogens is 1. The summed E-state index contributed by atoms with van der Waals surface area (Å²) in [6, 6.07) is 9.70. The van der Waals surface area contributed by atoms with Crippen LogP contribution in [0, 0.1) is 0 Å². The molecule has 0 aliphatic heterocycles. The zero-order valence-corrected chi connectivity index (χ0v) is 12.8.